The molecular formula is C10H17NOS. The molecule has 0 saturated carbocycles. The Hall–Kier alpha value is -0.380. The molecule has 0 saturated heterocycles. The molecule has 2 N–H and O–H groups in total. The summed E-state index contributed by atoms with van der Waals surface area (Å²) < 4.78 is 0. The number of aliphatic hydroxyl groups excluding tert-OH is 1. The van der Waals surface area contributed by atoms with Crippen LogP contribution in [0.25, 0.3) is 0 Å². The Balaban J connectivity index is 2.37. The maximum atomic E-state index is 8.85. The highest BCUT2D eigenvalue weighted by atomic mass is 32.1. The van der Waals surface area contributed by atoms with E-state index in [9.17, 15) is 0 Å². The molecule has 0 aliphatic carbocycles. The molecule has 1 atom stereocenters. The van der Waals surface area contributed by atoms with E-state index in [0.717, 1.165) is 19.4 Å². The van der Waals surface area contributed by atoms with Gasteiger partial charge < -0.3 is 10.4 Å². The molecule has 1 aromatic rings. The van der Waals surface area contributed by atoms with Crippen molar-refractivity contribution in [1.29, 1.82) is 0 Å². The van der Waals surface area contributed by atoms with E-state index in [4.69, 9.17) is 5.11 Å². The van der Waals surface area contributed by atoms with Crippen LogP contribution in [0, 0.1) is 0 Å². The van der Waals surface area contributed by atoms with Crippen LogP contribution in [0.5, 0.6) is 0 Å². The van der Waals surface area contributed by atoms with Gasteiger partial charge in [0.1, 0.15) is 0 Å². The van der Waals surface area contributed by atoms with Crippen LogP contribution < -0.4 is 5.32 Å². The third-order valence-electron chi connectivity index (χ3n) is 2.03. The predicted octanol–water partition coefficient (Wildman–Crippen LogP) is 1.65. The second-order valence-electron chi connectivity index (χ2n) is 3.10. The monoisotopic (exact) mass is 199 g/mol. The average Bonchev–Trinajstić information content (AvgIpc) is 2.58. The van der Waals surface area contributed by atoms with Crippen molar-refractivity contribution in [1.82, 2.24) is 5.32 Å². The van der Waals surface area contributed by atoms with Crippen molar-refractivity contribution in [2.75, 3.05) is 13.2 Å². The van der Waals surface area contributed by atoms with Crippen LogP contribution in [0.4, 0.5) is 0 Å². The summed E-state index contributed by atoms with van der Waals surface area (Å²) in [5.74, 6) is 0. The second kappa shape index (κ2) is 6.13. The Kier molecular flexibility index (Phi) is 5.05. The topological polar surface area (TPSA) is 32.3 Å². The van der Waals surface area contributed by atoms with Crippen molar-refractivity contribution in [3.63, 3.8) is 0 Å². The molecule has 0 unspecified atom stereocenters. The van der Waals surface area contributed by atoms with E-state index in [2.05, 4.69) is 29.1 Å². The van der Waals surface area contributed by atoms with E-state index in [1.54, 1.807) is 11.3 Å². The maximum absolute atomic E-state index is 8.85. The van der Waals surface area contributed by atoms with E-state index in [0.29, 0.717) is 6.04 Å². The fraction of sp³-hybridized carbons (Fsp3) is 0.600. The largest absolute Gasteiger partial charge is 0.396 e. The third-order valence-corrected chi connectivity index (χ3v) is 2.76. The highest BCUT2D eigenvalue weighted by molar-refractivity contribution is 7.07. The molecule has 1 heterocycles. The number of thiophene rings is 1. The molecule has 13 heavy (non-hydrogen) atoms. The molecule has 1 aromatic heterocycles. The van der Waals surface area contributed by atoms with Crippen LogP contribution >= 0.6 is 11.3 Å². The van der Waals surface area contributed by atoms with E-state index in [-0.39, 0.29) is 6.61 Å². The molecule has 0 aliphatic heterocycles. The van der Waals surface area contributed by atoms with Gasteiger partial charge in [-0.1, -0.05) is 6.92 Å². The first kappa shape index (κ1) is 10.7. The van der Waals surface area contributed by atoms with Gasteiger partial charge in [-0.25, -0.2) is 0 Å². The molecule has 74 valence electrons. The molecular weight excluding hydrogens is 182 g/mol. The van der Waals surface area contributed by atoms with Crippen LogP contribution in [0.2, 0.25) is 0 Å². The third kappa shape index (κ3) is 3.89. The summed E-state index contributed by atoms with van der Waals surface area (Å²) in [4.78, 5) is 0. The Morgan fingerprint density at radius 2 is 2.46 bits per heavy atom. The molecule has 1 rings (SSSR count). The number of nitrogens with one attached hydrogen (secondary N) is 1. The average molecular weight is 199 g/mol. The van der Waals surface area contributed by atoms with Crippen molar-refractivity contribution in [3.8, 4) is 0 Å². The van der Waals surface area contributed by atoms with Gasteiger partial charge in [0.2, 0.25) is 0 Å². The lowest BCUT2D eigenvalue weighted by Crippen LogP contribution is -2.31. The SMILES string of the molecule is CCN[C@@H](CCO)Cc1ccsc1. The summed E-state index contributed by atoms with van der Waals surface area (Å²) in [5, 5.41) is 16.5. The molecule has 2 nitrogen and oxygen atoms in total. The Labute approximate surface area is 83.6 Å². The lowest BCUT2D eigenvalue weighted by atomic mass is 10.1. The lowest BCUT2D eigenvalue weighted by Gasteiger charge is -2.15. The van der Waals surface area contributed by atoms with Crippen LogP contribution in [0.3, 0.4) is 0 Å². The van der Waals surface area contributed by atoms with Crippen molar-refractivity contribution in [2.45, 2.75) is 25.8 Å². The van der Waals surface area contributed by atoms with Crippen molar-refractivity contribution in [2.24, 2.45) is 0 Å². The summed E-state index contributed by atoms with van der Waals surface area (Å²) in [5.41, 5.74) is 1.37. The van der Waals surface area contributed by atoms with Crippen molar-refractivity contribution >= 4 is 11.3 Å². The smallest absolute Gasteiger partial charge is 0.0445 e. The number of hydrogen-bond donors (Lipinski definition) is 2. The van der Waals surface area contributed by atoms with Gasteiger partial charge in [-0.3, -0.25) is 0 Å². The standard InChI is InChI=1S/C10H17NOS/c1-2-11-10(3-5-12)7-9-4-6-13-8-9/h4,6,8,10-12H,2-3,5,7H2,1H3/t10-/m0/s1. The number of rotatable bonds is 6. The molecule has 0 fully saturated rings. The van der Waals surface area contributed by atoms with Gasteiger partial charge in [-0.2, -0.15) is 11.3 Å². The Bertz CT molecular complexity index is 205. The zero-order chi connectivity index (χ0) is 9.52. The number of hydrogen-bond acceptors (Lipinski definition) is 3. The van der Waals surface area contributed by atoms with E-state index in [1.165, 1.54) is 5.56 Å². The van der Waals surface area contributed by atoms with Crippen molar-refractivity contribution < 1.29 is 5.11 Å². The number of likely N-dealkylation sites (N-methyl/N-ethyl adjacent to an activating group) is 1. The quantitative estimate of drug-likeness (QED) is 0.730. The molecule has 0 radical (unpaired) electrons. The van der Waals surface area contributed by atoms with Crippen LogP contribution in [0.1, 0.15) is 18.9 Å². The van der Waals surface area contributed by atoms with Gasteiger partial charge in [0.25, 0.3) is 0 Å². The van der Waals surface area contributed by atoms with Gasteiger partial charge >= 0.3 is 0 Å². The molecule has 0 spiro atoms. The van der Waals surface area contributed by atoms with E-state index in [1.807, 2.05) is 0 Å². The van der Waals surface area contributed by atoms with E-state index < -0.39 is 0 Å². The lowest BCUT2D eigenvalue weighted by molar-refractivity contribution is 0.265. The molecule has 0 amide bonds. The summed E-state index contributed by atoms with van der Waals surface area (Å²) in [6.45, 7) is 3.33. The zero-order valence-corrected chi connectivity index (χ0v) is 8.81. The van der Waals surface area contributed by atoms with E-state index >= 15 is 0 Å². The number of aliphatic hydroxyl groups is 1. The highest BCUT2D eigenvalue weighted by Gasteiger charge is 2.07. The van der Waals surface area contributed by atoms with Crippen LogP contribution in [-0.4, -0.2) is 24.3 Å². The normalized spacial score (nSPS) is 13.1. The Morgan fingerprint density at radius 1 is 1.62 bits per heavy atom. The van der Waals surface area contributed by atoms with Gasteiger partial charge in [-0.15, -0.1) is 0 Å². The molecule has 0 aliphatic rings. The fourth-order valence-corrected chi connectivity index (χ4v) is 2.10. The van der Waals surface area contributed by atoms with Gasteiger partial charge in [0.05, 0.1) is 0 Å². The minimum Gasteiger partial charge on any atom is -0.396 e. The van der Waals surface area contributed by atoms with Crippen LogP contribution in [-0.2, 0) is 6.42 Å². The predicted molar refractivity (Wildman–Crippen MR) is 57.2 cm³/mol. The van der Waals surface area contributed by atoms with Crippen LogP contribution in [0.15, 0.2) is 16.8 Å². The Morgan fingerprint density at radius 3 is 3.00 bits per heavy atom. The molecule has 0 bridgehead atoms. The summed E-state index contributed by atoms with van der Waals surface area (Å²) >= 11 is 1.73. The van der Waals surface area contributed by atoms with Gasteiger partial charge in [0, 0.05) is 12.6 Å². The first-order valence-electron chi connectivity index (χ1n) is 4.72. The fourth-order valence-electron chi connectivity index (χ4n) is 1.41. The summed E-state index contributed by atoms with van der Waals surface area (Å²) in [6, 6.07) is 2.57. The van der Waals surface area contributed by atoms with Gasteiger partial charge in [-0.05, 0) is 41.8 Å². The second-order valence-corrected chi connectivity index (χ2v) is 3.88. The molecule has 3 heteroatoms. The summed E-state index contributed by atoms with van der Waals surface area (Å²) in [7, 11) is 0. The minimum atomic E-state index is 0.266. The maximum Gasteiger partial charge on any atom is 0.0445 e. The first-order valence-corrected chi connectivity index (χ1v) is 5.66. The first-order chi connectivity index (χ1) is 6.36. The van der Waals surface area contributed by atoms with Gasteiger partial charge in [0.15, 0.2) is 0 Å². The highest BCUT2D eigenvalue weighted by Crippen LogP contribution is 2.09. The zero-order valence-electron chi connectivity index (χ0n) is 7.99. The summed E-state index contributed by atoms with van der Waals surface area (Å²) in [6.07, 6.45) is 1.86. The minimum absolute atomic E-state index is 0.266. The molecule has 0 aromatic carbocycles. The van der Waals surface area contributed by atoms with Crippen molar-refractivity contribution in [3.05, 3.63) is 22.4 Å².